The third kappa shape index (κ3) is 5.14. The summed E-state index contributed by atoms with van der Waals surface area (Å²) in [5, 5.41) is 0.604. The molecule has 0 fully saturated rings. The average molecular weight is 413 g/mol. The molecule has 3 rings (SSSR count). The Balaban J connectivity index is 1.66. The lowest BCUT2D eigenvalue weighted by Crippen LogP contribution is -2.16. The monoisotopic (exact) mass is 413 g/mol. The van der Waals surface area contributed by atoms with E-state index in [4.69, 9.17) is 9.47 Å². The molecule has 0 unspecified atom stereocenters. The van der Waals surface area contributed by atoms with Gasteiger partial charge in [0.25, 0.3) is 5.56 Å². The molecule has 3 aromatic rings. The lowest BCUT2D eigenvalue weighted by Gasteiger charge is -2.09. The van der Waals surface area contributed by atoms with Gasteiger partial charge in [0, 0.05) is 11.4 Å². The molecular weight excluding hydrogens is 390 g/mol. The van der Waals surface area contributed by atoms with E-state index in [1.807, 2.05) is 26.0 Å². The first-order chi connectivity index (χ1) is 13.9. The van der Waals surface area contributed by atoms with E-state index in [0.717, 1.165) is 17.9 Å². The van der Waals surface area contributed by atoms with Gasteiger partial charge < -0.3 is 14.5 Å². The van der Waals surface area contributed by atoms with Crippen LogP contribution < -0.4 is 10.3 Å². The highest BCUT2D eigenvalue weighted by Gasteiger charge is 2.17. The average Bonchev–Trinajstić information content (AvgIpc) is 2.65. The molecule has 29 heavy (non-hydrogen) atoms. The van der Waals surface area contributed by atoms with Gasteiger partial charge >= 0.3 is 5.97 Å². The number of esters is 1. The van der Waals surface area contributed by atoms with E-state index >= 15 is 0 Å². The second-order valence-electron chi connectivity index (χ2n) is 6.75. The second kappa shape index (κ2) is 9.09. The Kier molecular flexibility index (Phi) is 6.53. The van der Waals surface area contributed by atoms with Crippen LogP contribution in [0.25, 0.3) is 11.0 Å². The van der Waals surface area contributed by atoms with Crippen LogP contribution in [-0.4, -0.2) is 40.4 Å². The molecule has 0 aliphatic rings. The first-order valence-electron chi connectivity index (χ1n) is 9.21. The predicted octanol–water partition coefficient (Wildman–Crippen LogP) is 3.59. The number of fused-ring (bicyclic) bond motifs is 1. The molecule has 2 aromatic heterocycles. The molecule has 0 aliphatic heterocycles. The maximum Gasteiger partial charge on any atom is 0.338 e. The van der Waals surface area contributed by atoms with Crippen molar-refractivity contribution in [3.05, 3.63) is 57.0 Å². The van der Waals surface area contributed by atoms with Crippen molar-refractivity contribution in [1.29, 1.82) is 0 Å². The molecule has 8 heteroatoms. The van der Waals surface area contributed by atoms with Crippen molar-refractivity contribution in [2.75, 3.05) is 19.5 Å². The number of nitrogens with one attached hydrogen (secondary N) is 1. The second-order valence-corrected chi connectivity index (χ2v) is 7.83. The quantitative estimate of drug-likeness (QED) is 0.274. The largest absolute Gasteiger partial charge is 0.494 e. The summed E-state index contributed by atoms with van der Waals surface area (Å²) < 4.78 is 10.6. The minimum absolute atomic E-state index is 0.143. The van der Waals surface area contributed by atoms with Crippen molar-refractivity contribution in [3.8, 4) is 5.75 Å². The van der Waals surface area contributed by atoms with E-state index in [9.17, 15) is 9.59 Å². The van der Waals surface area contributed by atoms with E-state index in [0.29, 0.717) is 17.5 Å². The van der Waals surface area contributed by atoms with Crippen LogP contribution in [0.4, 0.5) is 0 Å². The number of aromatic nitrogens is 3. The Labute approximate surface area is 172 Å². The molecule has 0 atom stereocenters. The molecule has 2 heterocycles. The standard InChI is InChI=1S/C21H23N3O4S/c1-12-8-13(2)10-15(9-12)28-6-5-7-29-21-23-18-17(19(25)24-21)16(20(26)27-4)11-14(3)22-18/h8-11H,5-7H2,1-4H3,(H,22,23,24,25). The van der Waals surface area contributed by atoms with Gasteiger partial charge in [0.15, 0.2) is 10.8 Å². The normalized spacial score (nSPS) is 10.9. The number of H-pyrrole nitrogens is 1. The van der Waals surface area contributed by atoms with Crippen LogP contribution in [0.1, 0.15) is 33.6 Å². The summed E-state index contributed by atoms with van der Waals surface area (Å²) >= 11 is 1.41. The van der Waals surface area contributed by atoms with Gasteiger partial charge in [0.2, 0.25) is 0 Å². The fourth-order valence-electron chi connectivity index (χ4n) is 3.02. The van der Waals surface area contributed by atoms with Gasteiger partial charge in [-0.2, -0.15) is 0 Å². The Morgan fingerprint density at radius 1 is 1.10 bits per heavy atom. The van der Waals surface area contributed by atoms with E-state index in [1.165, 1.54) is 36.1 Å². The third-order valence-corrected chi connectivity index (χ3v) is 5.14. The number of ether oxygens (including phenoxy) is 2. The lowest BCUT2D eigenvalue weighted by atomic mass is 10.1. The molecule has 1 N–H and O–H groups in total. The first kappa shape index (κ1) is 20.9. The summed E-state index contributed by atoms with van der Waals surface area (Å²) in [6.45, 7) is 6.39. The molecule has 0 amide bonds. The smallest absolute Gasteiger partial charge is 0.338 e. The molecule has 0 aliphatic carbocycles. The number of aryl methyl sites for hydroxylation is 3. The number of hydrogen-bond donors (Lipinski definition) is 1. The van der Waals surface area contributed by atoms with Crippen LogP contribution in [0.2, 0.25) is 0 Å². The fourth-order valence-corrected chi connectivity index (χ4v) is 3.79. The Morgan fingerprint density at radius 2 is 1.83 bits per heavy atom. The van der Waals surface area contributed by atoms with Gasteiger partial charge in [-0.3, -0.25) is 4.79 Å². The highest BCUT2D eigenvalue weighted by atomic mass is 32.2. The zero-order valence-electron chi connectivity index (χ0n) is 16.9. The molecule has 0 saturated heterocycles. The Morgan fingerprint density at radius 3 is 2.52 bits per heavy atom. The van der Waals surface area contributed by atoms with Gasteiger partial charge in [-0.25, -0.2) is 14.8 Å². The van der Waals surface area contributed by atoms with E-state index in [2.05, 4.69) is 21.0 Å². The van der Waals surface area contributed by atoms with Crippen LogP contribution in [0, 0.1) is 20.8 Å². The molecule has 0 radical (unpaired) electrons. The van der Waals surface area contributed by atoms with Crippen molar-refractivity contribution < 1.29 is 14.3 Å². The summed E-state index contributed by atoms with van der Waals surface area (Å²) in [7, 11) is 1.27. The van der Waals surface area contributed by atoms with Crippen molar-refractivity contribution >= 4 is 28.8 Å². The number of carbonyl (C=O) groups is 1. The number of nitrogens with zero attached hydrogens (tertiary/aromatic N) is 2. The Bertz CT molecular complexity index is 1090. The van der Waals surface area contributed by atoms with E-state index < -0.39 is 11.5 Å². The summed E-state index contributed by atoms with van der Waals surface area (Å²) in [6.07, 6.45) is 0.786. The molecule has 0 spiro atoms. The zero-order chi connectivity index (χ0) is 21.0. The number of aromatic amines is 1. The van der Waals surface area contributed by atoms with Crippen LogP contribution >= 0.6 is 11.8 Å². The molecule has 1 aromatic carbocycles. The van der Waals surface area contributed by atoms with Crippen LogP contribution in [0.5, 0.6) is 5.75 Å². The summed E-state index contributed by atoms with van der Waals surface area (Å²) in [5.41, 5.74) is 2.93. The van der Waals surface area contributed by atoms with Crippen molar-refractivity contribution in [2.24, 2.45) is 0 Å². The van der Waals surface area contributed by atoms with Gasteiger partial charge in [-0.15, -0.1) is 0 Å². The SMILES string of the molecule is COC(=O)c1cc(C)nc2nc(SCCCOc3cc(C)cc(C)c3)[nH]c(=O)c12. The zero-order valence-corrected chi connectivity index (χ0v) is 17.7. The summed E-state index contributed by atoms with van der Waals surface area (Å²) in [5.74, 6) is 0.992. The molecule has 152 valence electrons. The third-order valence-electron chi connectivity index (χ3n) is 4.18. The maximum atomic E-state index is 12.5. The minimum Gasteiger partial charge on any atom is -0.494 e. The molecular formula is C21H23N3O4S. The summed E-state index contributed by atoms with van der Waals surface area (Å²) in [6, 6.07) is 7.65. The van der Waals surface area contributed by atoms with E-state index in [1.54, 1.807) is 6.92 Å². The van der Waals surface area contributed by atoms with Crippen molar-refractivity contribution in [1.82, 2.24) is 15.0 Å². The van der Waals surface area contributed by atoms with Gasteiger partial charge in [-0.1, -0.05) is 17.8 Å². The number of carbonyl (C=O) groups excluding carboxylic acids is 1. The lowest BCUT2D eigenvalue weighted by molar-refractivity contribution is 0.0602. The van der Waals surface area contributed by atoms with Crippen LogP contribution in [-0.2, 0) is 4.74 Å². The number of pyridine rings is 1. The molecule has 7 nitrogen and oxygen atoms in total. The number of benzene rings is 1. The topological polar surface area (TPSA) is 94.2 Å². The Hall–Kier alpha value is -2.87. The van der Waals surface area contributed by atoms with Gasteiger partial charge in [0.05, 0.1) is 24.7 Å². The fraction of sp³-hybridized carbons (Fsp3) is 0.333. The molecule has 0 saturated carbocycles. The van der Waals surface area contributed by atoms with E-state index in [-0.39, 0.29) is 16.6 Å². The highest BCUT2D eigenvalue weighted by Crippen LogP contribution is 2.20. The number of methoxy groups -OCH3 is 1. The minimum atomic E-state index is -0.586. The van der Waals surface area contributed by atoms with Gasteiger partial charge in [0.1, 0.15) is 5.75 Å². The van der Waals surface area contributed by atoms with Crippen molar-refractivity contribution in [2.45, 2.75) is 32.3 Å². The highest BCUT2D eigenvalue weighted by molar-refractivity contribution is 7.99. The number of rotatable bonds is 7. The van der Waals surface area contributed by atoms with Crippen LogP contribution in [0.3, 0.4) is 0 Å². The van der Waals surface area contributed by atoms with Crippen molar-refractivity contribution in [3.63, 3.8) is 0 Å². The van der Waals surface area contributed by atoms with Crippen LogP contribution in [0.15, 0.2) is 34.2 Å². The maximum absolute atomic E-state index is 12.5. The summed E-state index contributed by atoms with van der Waals surface area (Å²) in [4.78, 5) is 35.9. The predicted molar refractivity (Wildman–Crippen MR) is 113 cm³/mol. The number of thioether (sulfide) groups is 1. The first-order valence-corrected chi connectivity index (χ1v) is 10.2. The van der Waals surface area contributed by atoms with Gasteiger partial charge in [-0.05, 0) is 56.5 Å². The molecule has 0 bridgehead atoms. The number of hydrogen-bond acceptors (Lipinski definition) is 7.